The van der Waals surface area contributed by atoms with Crippen molar-refractivity contribution in [3.8, 4) is 11.5 Å². The second kappa shape index (κ2) is 4.93. The summed E-state index contributed by atoms with van der Waals surface area (Å²) in [6, 6.07) is 1.64. The van der Waals surface area contributed by atoms with Crippen LogP contribution < -0.4 is 20.9 Å². The molecule has 18 heavy (non-hydrogen) atoms. The molecule has 1 heterocycles. The monoisotopic (exact) mass is 316 g/mol. The number of nitrogens with two attached hydrogens (primary N) is 2. The fourth-order valence-electron chi connectivity index (χ4n) is 1.58. The molecule has 0 aromatic heterocycles. The molecule has 0 saturated heterocycles. The zero-order chi connectivity index (χ0) is 13.3. The standard InChI is InChI=1S/C11H13BrN2O4/c1-5(15)16-3-6-4-17-11-9(14)7(12)2-8(13)10(11)18-6/h2,6H,3-4,13-14H2,1H3. The Labute approximate surface area is 112 Å². The zero-order valence-corrected chi connectivity index (χ0v) is 11.3. The second-order valence-electron chi connectivity index (χ2n) is 3.87. The van der Waals surface area contributed by atoms with Gasteiger partial charge in [0.15, 0.2) is 17.6 Å². The number of carbonyl (C=O) groups excluding carboxylic acids is 1. The molecule has 1 unspecified atom stereocenters. The number of halogens is 1. The molecule has 0 bridgehead atoms. The largest absolute Gasteiger partial charge is 0.483 e. The van der Waals surface area contributed by atoms with Crippen molar-refractivity contribution < 1.29 is 19.0 Å². The summed E-state index contributed by atoms with van der Waals surface area (Å²) in [6.45, 7) is 1.70. The van der Waals surface area contributed by atoms with Gasteiger partial charge in [-0.25, -0.2) is 0 Å². The van der Waals surface area contributed by atoms with Crippen molar-refractivity contribution in [3.63, 3.8) is 0 Å². The molecule has 0 fully saturated rings. The molecule has 0 spiro atoms. The molecule has 1 atom stereocenters. The fraction of sp³-hybridized carbons (Fsp3) is 0.364. The van der Waals surface area contributed by atoms with Crippen LogP contribution in [0.5, 0.6) is 11.5 Å². The average Bonchev–Trinajstić information content (AvgIpc) is 2.33. The molecule has 2 rings (SSSR count). The van der Waals surface area contributed by atoms with Crippen molar-refractivity contribution >= 4 is 33.3 Å². The van der Waals surface area contributed by atoms with Crippen molar-refractivity contribution in [1.29, 1.82) is 0 Å². The first kappa shape index (κ1) is 12.8. The van der Waals surface area contributed by atoms with E-state index in [-0.39, 0.29) is 25.3 Å². The topological polar surface area (TPSA) is 96.8 Å². The van der Waals surface area contributed by atoms with Gasteiger partial charge in [-0.15, -0.1) is 0 Å². The van der Waals surface area contributed by atoms with Crippen LogP contribution in [-0.2, 0) is 9.53 Å². The van der Waals surface area contributed by atoms with Crippen molar-refractivity contribution in [2.24, 2.45) is 0 Å². The molecule has 1 aromatic rings. The van der Waals surface area contributed by atoms with E-state index >= 15 is 0 Å². The highest BCUT2D eigenvalue weighted by atomic mass is 79.9. The van der Waals surface area contributed by atoms with E-state index in [0.29, 0.717) is 27.3 Å². The summed E-state index contributed by atoms with van der Waals surface area (Å²) < 4.78 is 16.6. The lowest BCUT2D eigenvalue weighted by Gasteiger charge is -2.28. The van der Waals surface area contributed by atoms with E-state index in [2.05, 4.69) is 15.9 Å². The van der Waals surface area contributed by atoms with E-state index in [4.69, 9.17) is 25.7 Å². The molecule has 4 N–H and O–H groups in total. The number of hydrogen-bond donors (Lipinski definition) is 2. The predicted molar refractivity (Wildman–Crippen MR) is 69.5 cm³/mol. The Morgan fingerprint density at radius 2 is 2.28 bits per heavy atom. The summed E-state index contributed by atoms with van der Waals surface area (Å²) in [4.78, 5) is 10.7. The molecule has 0 radical (unpaired) electrons. The molecule has 6 nitrogen and oxygen atoms in total. The summed E-state index contributed by atoms with van der Waals surface area (Å²) in [6.07, 6.45) is -0.385. The van der Waals surface area contributed by atoms with E-state index in [1.54, 1.807) is 6.07 Å². The van der Waals surface area contributed by atoms with Crippen LogP contribution in [0, 0.1) is 0 Å². The van der Waals surface area contributed by atoms with Gasteiger partial charge in [0.25, 0.3) is 0 Å². The van der Waals surface area contributed by atoms with Crippen molar-refractivity contribution in [1.82, 2.24) is 0 Å². The van der Waals surface area contributed by atoms with Crippen LogP contribution in [0.2, 0.25) is 0 Å². The Hall–Kier alpha value is -1.63. The van der Waals surface area contributed by atoms with Gasteiger partial charge >= 0.3 is 5.97 Å². The highest BCUT2D eigenvalue weighted by Crippen LogP contribution is 2.45. The lowest BCUT2D eigenvalue weighted by atomic mass is 10.2. The van der Waals surface area contributed by atoms with Crippen molar-refractivity contribution in [3.05, 3.63) is 10.5 Å². The SMILES string of the molecule is CC(=O)OCC1COc2c(N)c(Br)cc(N)c2O1. The summed E-state index contributed by atoms with van der Waals surface area (Å²) in [7, 11) is 0. The van der Waals surface area contributed by atoms with E-state index < -0.39 is 0 Å². The number of hydrogen-bond acceptors (Lipinski definition) is 6. The van der Waals surface area contributed by atoms with Crippen LogP contribution in [0.1, 0.15) is 6.92 Å². The molecular weight excluding hydrogens is 304 g/mol. The molecule has 1 aliphatic heterocycles. The summed E-state index contributed by atoms with van der Waals surface area (Å²) >= 11 is 3.28. The van der Waals surface area contributed by atoms with Crippen molar-refractivity contribution in [2.75, 3.05) is 24.7 Å². The maximum atomic E-state index is 10.7. The number of ether oxygens (including phenoxy) is 3. The number of nitrogen functional groups attached to an aromatic ring is 2. The van der Waals surface area contributed by atoms with Crippen LogP contribution in [0.25, 0.3) is 0 Å². The molecule has 0 aliphatic carbocycles. The van der Waals surface area contributed by atoms with Gasteiger partial charge in [-0.05, 0) is 22.0 Å². The number of anilines is 2. The van der Waals surface area contributed by atoms with E-state index in [0.717, 1.165) is 0 Å². The van der Waals surface area contributed by atoms with E-state index in [1.807, 2.05) is 0 Å². The number of benzene rings is 1. The number of rotatable bonds is 2. The third-order valence-electron chi connectivity index (χ3n) is 2.42. The Morgan fingerprint density at radius 1 is 1.56 bits per heavy atom. The van der Waals surface area contributed by atoms with Gasteiger partial charge in [0.05, 0.1) is 11.4 Å². The lowest BCUT2D eigenvalue weighted by molar-refractivity contribution is -0.144. The van der Waals surface area contributed by atoms with Gasteiger partial charge in [-0.1, -0.05) is 0 Å². The maximum Gasteiger partial charge on any atom is 0.302 e. The van der Waals surface area contributed by atoms with Gasteiger partial charge in [0.2, 0.25) is 0 Å². The van der Waals surface area contributed by atoms with Crippen LogP contribution in [0.15, 0.2) is 10.5 Å². The van der Waals surface area contributed by atoms with Gasteiger partial charge < -0.3 is 25.7 Å². The summed E-state index contributed by atoms with van der Waals surface area (Å²) in [5.41, 5.74) is 12.5. The molecule has 0 saturated carbocycles. The minimum Gasteiger partial charge on any atom is -0.483 e. The Bertz CT molecular complexity index is 492. The Morgan fingerprint density at radius 3 is 2.94 bits per heavy atom. The first-order valence-electron chi connectivity index (χ1n) is 5.29. The highest BCUT2D eigenvalue weighted by Gasteiger charge is 2.27. The van der Waals surface area contributed by atoms with Crippen LogP contribution in [-0.4, -0.2) is 25.3 Å². The zero-order valence-electron chi connectivity index (χ0n) is 9.73. The molecule has 7 heteroatoms. The third kappa shape index (κ3) is 2.45. The van der Waals surface area contributed by atoms with Gasteiger partial charge in [-0.3, -0.25) is 4.79 Å². The van der Waals surface area contributed by atoms with E-state index in [1.165, 1.54) is 6.92 Å². The minimum absolute atomic E-state index is 0.115. The normalized spacial score (nSPS) is 17.3. The maximum absolute atomic E-state index is 10.7. The van der Waals surface area contributed by atoms with Crippen LogP contribution in [0.3, 0.4) is 0 Å². The highest BCUT2D eigenvalue weighted by molar-refractivity contribution is 9.10. The molecular formula is C11H13BrN2O4. The average molecular weight is 317 g/mol. The molecule has 1 aliphatic rings. The summed E-state index contributed by atoms with van der Waals surface area (Å²) in [5.74, 6) is 0.438. The van der Waals surface area contributed by atoms with Crippen molar-refractivity contribution in [2.45, 2.75) is 13.0 Å². The second-order valence-corrected chi connectivity index (χ2v) is 4.73. The van der Waals surface area contributed by atoms with Gasteiger partial charge in [-0.2, -0.15) is 0 Å². The Kier molecular flexibility index (Phi) is 3.51. The number of fused-ring (bicyclic) bond motifs is 1. The number of carbonyl (C=O) groups is 1. The van der Waals surface area contributed by atoms with E-state index in [9.17, 15) is 4.79 Å². The summed E-state index contributed by atoms with van der Waals surface area (Å²) in [5, 5.41) is 0. The number of esters is 1. The lowest BCUT2D eigenvalue weighted by Crippen LogP contribution is -2.34. The van der Waals surface area contributed by atoms with Crippen LogP contribution in [0.4, 0.5) is 11.4 Å². The molecule has 98 valence electrons. The molecule has 0 amide bonds. The van der Waals surface area contributed by atoms with Crippen LogP contribution >= 0.6 is 15.9 Å². The predicted octanol–water partition coefficient (Wildman–Crippen LogP) is 1.32. The first-order valence-corrected chi connectivity index (χ1v) is 6.08. The third-order valence-corrected chi connectivity index (χ3v) is 3.08. The molecule has 1 aromatic carbocycles. The Balaban J connectivity index is 2.19. The first-order chi connectivity index (χ1) is 8.49. The van der Waals surface area contributed by atoms with Gasteiger partial charge in [0, 0.05) is 11.4 Å². The minimum atomic E-state index is -0.385. The smallest absolute Gasteiger partial charge is 0.302 e. The fourth-order valence-corrected chi connectivity index (χ4v) is 2.00. The quantitative estimate of drug-likeness (QED) is 0.631. The van der Waals surface area contributed by atoms with Gasteiger partial charge in [0.1, 0.15) is 13.2 Å².